The summed E-state index contributed by atoms with van der Waals surface area (Å²) in [6.07, 6.45) is 8.76. The van der Waals surface area contributed by atoms with Crippen LogP contribution >= 0.6 is 24.8 Å². The van der Waals surface area contributed by atoms with Crippen LogP contribution in [0.2, 0.25) is 0 Å². The van der Waals surface area contributed by atoms with Crippen LogP contribution in [0.5, 0.6) is 0 Å². The van der Waals surface area contributed by atoms with E-state index < -0.39 is 0 Å². The van der Waals surface area contributed by atoms with E-state index in [1.54, 1.807) is 0 Å². The molecular formula is C18H31Cl2N5. The fourth-order valence-corrected chi connectivity index (χ4v) is 3.74. The Kier molecular flexibility index (Phi) is 7.74. The highest BCUT2D eigenvalue weighted by Gasteiger charge is 2.32. The summed E-state index contributed by atoms with van der Waals surface area (Å²) in [6, 6.07) is 2.54. The number of aromatic nitrogens is 2. The van der Waals surface area contributed by atoms with E-state index in [0.29, 0.717) is 17.9 Å². The molecule has 3 fully saturated rings. The van der Waals surface area contributed by atoms with Gasteiger partial charge in [0.1, 0.15) is 11.6 Å². The van der Waals surface area contributed by atoms with Crippen LogP contribution in [0.15, 0.2) is 6.07 Å². The zero-order valence-corrected chi connectivity index (χ0v) is 16.5. The summed E-state index contributed by atoms with van der Waals surface area (Å²) in [5.74, 6) is 3.23. The summed E-state index contributed by atoms with van der Waals surface area (Å²) in [7, 11) is 0. The van der Waals surface area contributed by atoms with Crippen LogP contribution in [0, 0.1) is 0 Å². The van der Waals surface area contributed by atoms with Crippen molar-refractivity contribution >= 4 is 30.6 Å². The second-order valence-electron chi connectivity index (χ2n) is 7.57. The van der Waals surface area contributed by atoms with E-state index in [1.165, 1.54) is 50.9 Å². The summed E-state index contributed by atoms with van der Waals surface area (Å²) in [5, 5.41) is 3.55. The van der Waals surface area contributed by atoms with Gasteiger partial charge in [-0.1, -0.05) is 6.42 Å². The van der Waals surface area contributed by atoms with Crippen molar-refractivity contribution in [3.05, 3.63) is 17.6 Å². The lowest BCUT2D eigenvalue weighted by Gasteiger charge is -2.32. The molecule has 0 amide bonds. The molecule has 2 aliphatic carbocycles. The molecule has 0 unspecified atom stereocenters. The van der Waals surface area contributed by atoms with Gasteiger partial charge in [-0.3, -0.25) is 0 Å². The second-order valence-corrected chi connectivity index (χ2v) is 7.57. The van der Waals surface area contributed by atoms with Crippen molar-refractivity contribution in [2.75, 3.05) is 31.5 Å². The SMILES string of the molecule is Cl.Cl.NC1CC(c2cc(NCCN3CCCCC3)nc(C3CC3)n2)C1. The lowest BCUT2D eigenvalue weighted by atomic mass is 9.78. The Morgan fingerprint density at radius 1 is 1.04 bits per heavy atom. The minimum absolute atomic E-state index is 0. The first-order chi connectivity index (χ1) is 11.3. The van der Waals surface area contributed by atoms with Gasteiger partial charge in [-0.25, -0.2) is 9.97 Å². The van der Waals surface area contributed by atoms with E-state index in [-0.39, 0.29) is 24.8 Å². The van der Waals surface area contributed by atoms with Crippen LogP contribution in [-0.2, 0) is 0 Å². The van der Waals surface area contributed by atoms with Crippen molar-refractivity contribution in [2.24, 2.45) is 5.73 Å². The normalized spacial score (nSPS) is 26.1. The Balaban J connectivity index is 0.00000113. The molecule has 1 aromatic heterocycles. The summed E-state index contributed by atoms with van der Waals surface area (Å²) < 4.78 is 0. The van der Waals surface area contributed by atoms with Gasteiger partial charge >= 0.3 is 0 Å². The van der Waals surface area contributed by atoms with Gasteiger partial charge in [-0.05, 0) is 51.6 Å². The first-order valence-corrected chi connectivity index (χ1v) is 9.38. The molecule has 2 heterocycles. The number of rotatable bonds is 6. The number of hydrogen-bond acceptors (Lipinski definition) is 5. The Morgan fingerprint density at radius 2 is 1.76 bits per heavy atom. The van der Waals surface area contributed by atoms with Gasteiger partial charge in [0, 0.05) is 42.7 Å². The topological polar surface area (TPSA) is 67.1 Å². The zero-order chi connectivity index (χ0) is 15.6. The lowest BCUT2D eigenvalue weighted by Crippen LogP contribution is -2.35. The molecule has 5 nitrogen and oxygen atoms in total. The Bertz CT molecular complexity index is 540. The third kappa shape index (κ3) is 5.43. The zero-order valence-electron chi connectivity index (χ0n) is 14.8. The van der Waals surface area contributed by atoms with Crippen molar-refractivity contribution in [3.8, 4) is 0 Å². The molecule has 0 bridgehead atoms. The molecule has 0 spiro atoms. The molecule has 2 saturated carbocycles. The molecule has 7 heteroatoms. The van der Waals surface area contributed by atoms with Crippen molar-refractivity contribution in [1.82, 2.24) is 14.9 Å². The molecule has 4 rings (SSSR count). The van der Waals surface area contributed by atoms with Crippen molar-refractivity contribution < 1.29 is 0 Å². The molecule has 1 saturated heterocycles. The molecule has 1 aliphatic heterocycles. The predicted octanol–water partition coefficient (Wildman–Crippen LogP) is 3.30. The number of halogens is 2. The molecule has 0 aromatic carbocycles. The number of anilines is 1. The van der Waals surface area contributed by atoms with Crippen LogP contribution < -0.4 is 11.1 Å². The van der Waals surface area contributed by atoms with E-state index in [0.717, 1.165) is 37.6 Å². The van der Waals surface area contributed by atoms with Crippen molar-refractivity contribution in [3.63, 3.8) is 0 Å². The van der Waals surface area contributed by atoms with Gasteiger partial charge in [-0.2, -0.15) is 0 Å². The minimum Gasteiger partial charge on any atom is -0.369 e. The summed E-state index contributed by atoms with van der Waals surface area (Å²) >= 11 is 0. The molecule has 3 N–H and O–H groups in total. The van der Waals surface area contributed by atoms with Crippen molar-refractivity contribution in [1.29, 1.82) is 0 Å². The first kappa shape index (κ1) is 20.7. The van der Waals surface area contributed by atoms with Crippen LogP contribution in [0.1, 0.15) is 68.3 Å². The van der Waals surface area contributed by atoms with E-state index in [4.69, 9.17) is 15.7 Å². The summed E-state index contributed by atoms with van der Waals surface area (Å²) in [6.45, 7) is 4.60. The third-order valence-corrected chi connectivity index (χ3v) is 5.48. The highest BCUT2D eigenvalue weighted by Crippen LogP contribution is 2.41. The quantitative estimate of drug-likeness (QED) is 0.783. The van der Waals surface area contributed by atoms with Gasteiger partial charge in [0.05, 0.1) is 0 Å². The van der Waals surface area contributed by atoms with Crippen LogP contribution in [0.4, 0.5) is 5.82 Å². The smallest absolute Gasteiger partial charge is 0.134 e. The van der Waals surface area contributed by atoms with E-state index >= 15 is 0 Å². The Morgan fingerprint density at radius 3 is 2.40 bits per heavy atom. The fourth-order valence-electron chi connectivity index (χ4n) is 3.74. The monoisotopic (exact) mass is 387 g/mol. The summed E-state index contributed by atoms with van der Waals surface area (Å²) in [5.41, 5.74) is 7.16. The van der Waals surface area contributed by atoms with E-state index in [9.17, 15) is 0 Å². The minimum atomic E-state index is 0. The Hall–Kier alpha value is -0.620. The van der Waals surface area contributed by atoms with Gasteiger partial charge in [0.2, 0.25) is 0 Å². The predicted molar refractivity (Wildman–Crippen MR) is 107 cm³/mol. The first-order valence-electron chi connectivity index (χ1n) is 9.38. The summed E-state index contributed by atoms with van der Waals surface area (Å²) in [4.78, 5) is 12.2. The van der Waals surface area contributed by atoms with E-state index in [2.05, 4.69) is 16.3 Å². The maximum atomic E-state index is 5.95. The average Bonchev–Trinajstić information content (AvgIpc) is 3.38. The average molecular weight is 388 g/mol. The highest BCUT2D eigenvalue weighted by molar-refractivity contribution is 5.85. The second kappa shape index (κ2) is 9.36. The molecule has 3 aliphatic rings. The van der Waals surface area contributed by atoms with E-state index in [1.807, 2.05) is 0 Å². The number of nitrogens with one attached hydrogen (secondary N) is 1. The van der Waals surface area contributed by atoms with Gasteiger partial charge in [0.25, 0.3) is 0 Å². The number of likely N-dealkylation sites (tertiary alicyclic amines) is 1. The Labute approximate surface area is 163 Å². The number of hydrogen-bond donors (Lipinski definition) is 2. The molecule has 0 radical (unpaired) electrons. The van der Waals surface area contributed by atoms with Gasteiger partial charge in [-0.15, -0.1) is 24.8 Å². The van der Waals surface area contributed by atoms with Gasteiger partial charge in [0.15, 0.2) is 0 Å². The van der Waals surface area contributed by atoms with Crippen LogP contribution in [0.25, 0.3) is 0 Å². The van der Waals surface area contributed by atoms with Crippen LogP contribution in [-0.4, -0.2) is 47.1 Å². The molecular weight excluding hydrogens is 357 g/mol. The highest BCUT2D eigenvalue weighted by atomic mass is 35.5. The standard InChI is InChI=1S/C18H29N5.2ClH/c19-15-10-14(11-15)16-12-17(22-18(21-16)13-4-5-13)20-6-9-23-7-2-1-3-8-23;;/h12-15H,1-11,19H2,(H,20,21,22);2*1H. The molecule has 142 valence electrons. The number of nitrogens with zero attached hydrogens (tertiary/aromatic N) is 3. The van der Waals surface area contributed by atoms with Crippen LogP contribution in [0.3, 0.4) is 0 Å². The number of nitrogens with two attached hydrogens (primary N) is 1. The lowest BCUT2D eigenvalue weighted by molar-refractivity contribution is 0.237. The van der Waals surface area contributed by atoms with Crippen molar-refractivity contribution in [2.45, 2.75) is 62.8 Å². The maximum absolute atomic E-state index is 5.95. The molecule has 1 aromatic rings. The fraction of sp³-hybridized carbons (Fsp3) is 0.778. The number of piperidine rings is 1. The third-order valence-electron chi connectivity index (χ3n) is 5.48. The van der Waals surface area contributed by atoms with Gasteiger partial charge < -0.3 is 16.0 Å². The molecule has 0 atom stereocenters. The maximum Gasteiger partial charge on any atom is 0.134 e. The largest absolute Gasteiger partial charge is 0.369 e. The molecule has 25 heavy (non-hydrogen) atoms.